The van der Waals surface area contributed by atoms with Gasteiger partial charge in [-0.05, 0) is 37.7 Å². The molecular formula is C12H17Cl3N2O. The van der Waals surface area contributed by atoms with E-state index >= 15 is 0 Å². The monoisotopic (exact) mass is 310 g/mol. The molecule has 2 N–H and O–H groups in total. The van der Waals surface area contributed by atoms with Crippen molar-refractivity contribution >= 4 is 41.5 Å². The highest BCUT2D eigenvalue weighted by atomic mass is 35.5. The summed E-state index contributed by atoms with van der Waals surface area (Å²) in [4.78, 5) is 11.7. The predicted octanol–water partition coefficient (Wildman–Crippen LogP) is 2.68. The number of carbonyl (C=O) groups excluding carboxylic acids is 1. The van der Waals surface area contributed by atoms with Crippen molar-refractivity contribution in [1.82, 2.24) is 10.6 Å². The zero-order valence-electron chi connectivity index (χ0n) is 10.3. The van der Waals surface area contributed by atoms with Crippen LogP contribution in [0.3, 0.4) is 0 Å². The van der Waals surface area contributed by atoms with Gasteiger partial charge in [0.25, 0.3) is 0 Å². The first-order valence-corrected chi connectivity index (χ1v) is 6.16. The maximum Gasteiger partial charge on any atom is 0.224 e. The molecule has 1 rings (SSSR count). The summed E-state index contributed by atoms with van der Waals surface area (Å²) in [6.07, 6.45) is 0.246. The van der Waals surface area contributed by atoms with Gasteiger partial charge >= 0.3 is 0 Å². The van der Waals surface area contributed by atoms with Crippen molar-refractivity contribution in [3.8, 4) is 0 Å². The molecule has 0 radical (unpaired) electrons. The number of rotatable bonds is 5. The Hall–Kier alpha value is -0.480. The number of hydrogen-bond acceptors (Lipinski definition) is 2. The molecule has 0 spiro atoms. The Labute approximate surface area is 124 Å². The minimum absolute atomic E-state index is 0. The molecule has 1 atom stereocenters. The first-order chi connectivity index (χ1) is 8.02. The van der Waals surface area contributed by atoms with Crippen LogP contribution in [0.15, 0.2) is 18.2 Å². The van der Waals surface area contributed by atoms with Crippen molar-refractivity contribution in [3.05, 3.63) is 33.8 Å². The van der Waals surface area contributed by atoms with Crippen LogP contribution < -0.4 is 10.6 Å². The molecule has 1 amide bonds. The lowest BCUT2D eigenvalue weighted by molar-refractivity contribution is -0.120. The molecule has 18 heavy (non-hydrogen) atoms. The topological polar surface area (TPSA) is 41.1 Å². The number of likely N-dealkylation sites (N-methyl/N-ethyl adjacent to an activating group) is 1. The van der Waals surface area contributed by atoms with Crippen LogP contribution in [-0.4, -0.2) is 25.5 Å². The second-order valence-electron chi connectivity index (χ2n) is 3.91. The number of nitrogens with one attached hydrogen (secondary N) is 2. The number of benzene rings is 1. The van der Waals surface area contributed by atoms with Crippen molar-refractivity contribution in [3.63, 3.8) is 0 Å². The van der Waals surface area contributed by atoms with Gasteiger partial charge in [0.2, 0.25) is 5.91 Å². The predicted molar refractivity (Wildman–Crippen MR) is 78.9 cm³/mol. The van der Waals surface area contributed by atoms with Gasteiger partial charge in [-0.2, -0.15) is 0 Å². The molecule has 6 heteroatoms. The smallest absolute Gasteiger partial charge is 0.224 e. The van der Waals surface area contributed by atoms with E-state index in [0.29, 0.717) is 16.6 Å². The summed E-state index contributed by atoms with van der Waals surface area (Å²) in [5.74, 6) is -0.0590. The van der Waals surface area contributed by atoms with Gasteiger partial charge in [-0.1, -0.05) is 23.2 Å². The Morgan fingerprint density at radius 3 is 2.67 bits per heavy atom. The molecule has 3 nitrogen and oxygen atoms in total. The van der Waals surface area contributed by atoms with Crippen LogP contribution in [0, 0.1) is 0 Å². The first kappa shape index (κ1) is 17.5. The summed E-state index contributed by atoms with van der Waals surface area (Å²) >= 11 is 11.8. The standard InChI is InChI=1S/C12H16Cl2N2O.ClH/c1-8(15-2)7-16-12(17)6-9-5-10(13)3-4-11(9)14;/h3-5,8,15H,6-7H2,1-2H3,(H,16,17);1H. The van der Waals surface area contributed by atoms with Crippen molar-refractivity contribution in [1.29, 1.82) is 0 Å². The maximum atomic E-state index is 11.7. The highest BCUT2D eigenvalue weighted by Crippen LogP contribution is 2.20. The molecule has 0 saturated heterocycles. The van der Waals surface area contributed by atoms with E-state index in [4.69, 9.17) is 23.2 Å². The van der Waals surface area contributed by atoms with Gasteiger partial charge in [0.15, 0.2) is 0 Å². The number of hydrogen-bond donors (Lipinski definition) is 2. The fraction of sp³-hybridized carbons (Fsp3) is 0.417. The number of amides is 1. The number of halogens is 3. The van der Waals surface area contributed by atoms with Crippen LogP contribution in [-0.2, 0) is 11.2 Å². The van der Waals surface area contributed by atoms with Crippen LogP contribution >= 0.6 is 35.6 Å². The molecule has 1 aromatic carbocycles. The fourth-order valence-corrected chi connectivity index (χ4v) is 1.66. The number of carbonyl (C=O) groups is 1. The van der Waals surface area contributed by atoms with E-state index in [-0.39, 0.29) is 30.8 Å². The average Bonchev–Trinajstić information content (AvgIpc) is 2.30. The minimum atomic E-state index is -0.0590. The summed E-state index contributed by atoms with van der Waals surface area (Å²) in [5.41, 5.74) is 0.744. The Morgan fingerprint density at radius 1 is 1.39 bits per heavy atom. The first-order valence-electron chi connectivity index (χ1n) is 5.41. The third kappa shape index (κ3) is 5.91. The summed E-state index contributed by atoms with van der Waals surface area (Å²) in [7, 11) is 1.85. The molecule has 0 saturated carbocycles. The molecule has 0 aliphatic rings. The van der Waals surface area contributed by atoms with Crippen LogP contribution in [0.4, 0.5) is 0 Å². The average molecular weight is 312 g/mol. The Balaban J connectivity index is 0.00000289. The van der Waals surface area contributed by atoms with E-state index in [1.807, 2.05) is 14.0 Å². The molecule has 1 unspecified atom stereocenters. The molecule has 0 aliphatic carbocycles. The summed E-state index contributed by atoms with van der Waals surface area (Å²) in [6.45, 7) is 2.58. The van der Waals surface area contributed by atoms with Crippen LogP contribution in [0.2, 0.25) is 10.0 Å². The highest BCUT2D eigenvalue weighted by molar-refractivity contribution is 6.33. The molecule has 0 aliphatic heterocycles. The largest absolute Gasteiger partial charge is 0.354 e. The van der Waals surface area contributed by atoms with Gasteiger partial charge < -0.3 is 10.6 Å². The molecule has 0 bridgehead atoms. The molecule has 0 fully saturated rings. The van der Waals surface area contributed by atoms with E-state index in [2.05, 4.69) is 10.6 Å². The quantitative estimate of drug-likeness (QED) is 0.878. The lowest BCUT2D eigenvalue weighted by atomic mass is 10.1. The van der Waals surface area contributed by atoms with Crippen LogP contribution in [0.5, 0.6) is 0 Å². The summed E-state index contributed by atoms with van der Waals surface area (Å²) in [6, 6.07) is 5.36. The second-order valence-corrected chi connectivity index (χ2v) is 4.75. The zero-order valence-corrected chi connectivity index (χ0v) is 12.6. The van der Waals surface area contributed by atoms with Gasteiger partial charge in [0.05, 0.1) is 6.42 Å². The van der Waals surface area contributed by atoms with Gasteiger partial charge in [0.1, 0.15) is 0 Å². The zero-order chi connectivity index (χ0) is 12.8. The summed E-state index contributed by atoms with van der Waals surface area (Å²) in [5, 5.41) is 7.01. The van der Waals surface area contributed by atoms with E-state index in [9.17, 15) is 4.79 Å². The second kappa shape index (κ2) is 8.59. The van der Waals surface area contributed by atoms with Crippen molar-refractivity contribution in [2.75, 3.05) is 13.6 Å². The SMILES string of the molecule is CNC(C)CNC(=O)Cc1cc(Cl)ccc1Cl.Cl. The molecule has 0 aromatic heterocycles. The maximum absolute atomic E-state index is 11.7. The fourth-order valence-electron chi connectivity index (χ4n) is 1.28. The van der Waals surface area contributed by atoms with Gasteiger partial charge in [-0.25, -0.2) is 0 Å². The molecule has 102 valence electrons. The van der Waals surface area contributed by atoms with Crippen molar-refractivity contribution in [2.24, 2.45) is 0 Å². The minimum Gasteiger partial charge on any atom is -0.354 e. The van der Waals surface area contributed by atoms with Gasteiger partial charge in [0, 0.05) is 22.6 Å². The Bertz CT molecular complexity index is 399. The van der Waals surface area contributed by atoms with Crippen LogP contribution in [0.25, 0.3) is 0 Å². The van der Waals surface area contributed by atoms with E-state index in [1.165, 1.54) is 0 Å². The molecular weight excluding hydrogens is 295 g/mol. The van der Waals surface area contributed by atoms with E-state index in [1.54, 1.807) is 18.2 Å². The van der Waals surface area contributed by atoms with E-state index in [0.717, 1.165) is 5.56 Å². The van der Waals surface area contributed by atoms with Crippen LogP contribution in [0.1, 0.15) is 12.5 Å². The van der Waals surface area contributed by atoms with Gasteiger partial charge in [-0.3, -0.25) is 4.79 Å². The molecule has 1 aromatic rings. The van der Waals surface area contributed by atoms with E-state index < -0.39 is 0 Å². The Kier molecular flexibility index (Phi) is 8.36. The normalized spacial score (nSPS) is 11.6. The van der Waals surface area contributed by atoms with Gasteiger partial charge in [-0.15, -0.1) is 12.4 Å². The lowest BCUT2D eigenvalue weighted by Gasteiger charge is -2.11. The third-order valence-corrected chi connectivity index (χ3v) is 3.06. The lowest BCUT2D eigenvalue weighted by Crippen LogP contribution is -2.37. The van der Waals surface area contributed by atoms with Crippen molar-refractivity contribution in [2.45, 2.75) is 19.4 Å². The third-order valence-electron chi connectivity index (χ3n) is 2.46. The summed E-state index contributed by atoms with van der Waals surface area (Å²) < 4.78 is 0. The Morgan fingerprint density at radius 2 is 2.06 bits per heavy atom. The highest BCUT2D eigenvalue weighted by Gasteiger charge is 2.08. The van der Waals surface area contributed by atoms with Crippen molar-refractivity contribution < 1.29 is 4.79 Å². The molecule has 0 heterocycles.